The van der Waals surface area contributed by atoms with E-state index in [0.29, 0.717) is 5.56 Å². The van der Waals surface area contributed by atoms with Crippen molar-refractivity contribution in [2.75, 3.05) is 20.7 Å². The number of benzene rings is 1. The summed E-state index contributed by atoms with van der Waals surface area (Å²) >= 11 is 0. The fraction of sp³-hybridized carbons (Fsp3) is 0.357. The summed E-state index contributed by atoms with van der Waals surface area (Å²) < 4.78 is 4.68. The molecule has 0 aromatic heterocycles. The number of aliphatic carboxylic acids is 1. The average Bonchev–Trinajstić information content (AvgIpc) is 2.49. The first-order chi connectivity index (χ1) is 9.95. The summed E-state index contributed by atoms with van der Waals surface area (Å²) in [6.45, 7) is 0.0455. The molecule has 7 nitrogen and oxygen atoms in total. The molecule has 1 aromatic carbocycles. The number of ether oxygens (including phenoxy) is 1. The van der Waals surface area contributed by atoms with Crippen molar-refractivity contribution in [3.8, 4) is 0 Å². The van der Waals surface area contributed by atoms with Crippen LogP contribution in [0, 0.1) is 0 Å². The second-order valence-corrected chi connectivity index (χ2v) is 4.38. The van der Waals surface area contributed by atoms with E-state index >= 15 is 0 Å². The van der Waals surface area contributed by atoms with E-state index < -0.39 is 24.0 Å². The van der Waals surface area contributed by atoms with Crippen LogP contribution in [0.4, 0.5) is 4.79 Å². The lowest BCUT2D eigenvalue weighted by atomic mass is 10.1. The van der Waals surface area contributed by atoms with Crippen molar-refractivity contribution in [2.45, 2.75) is 12.5 Å². The first-order valence-electron chi connectivity index (χ1n) is 6.32. The first kappa shape index (κ1) is 16.5. The number of methoxy groups -OCH3 is 1. The van der Waals surface area contributed by atoms with E-state index in [0.717, 1.165) is 0 Å². The summed E-state index contributed by atoms with van der Waals surface area (Å²) in [4.78, 5) is 35.5. The maximum Gasteiger partial charge on any atom is 0.333 e. The highest BCUT2D eigenvalue weighted by Crippen LogP contribution is 2.14. The lowest BCUT2D eigenvalue weighted by Crippen LogP contribution is -2.43. The minimum Gasteiger partial charge on any atom is -0.481 e. The number of hydrogen-bond donors (Lipinski definition) is 2. The molecule has 0 bridgehead atoms. The summed E-state index contributed by atoms with van der Waals surface area (Å²) in [6.07, 6.45) is -0.169. The number of hydrogen-bond acceptors (Lipinski definition) is 4. The van der Waals surface area contributed by atoms with Crippen LogP contribution in [0.25, 0.3) is 0 Å². The second-order valence-electron chi connectivity index (χ2n) is 4.38. The number of rotatable bonds is 6. The van der Waals surface area contributed by atoms with Crippen LogP contribution in [-0.2, 0) is 14.3 Å². The van der Waals surface area contributed by atoms with Gasteiger partial charge in [-0.2, -0.15) is 0 Å². The molecule has 0 spiro atoms. The number of esters is 1. The van der Waals surface area contributed by atoms with Gasteiger partial charge in [-0.1, -0.05) is 30.3 Å². The maximum absolute atomic E-state index is 12.0. The molecule has 0 fully saturated rings. The van der Waals surface area contributed by atoms with E-state index in [-0.39, 0.29) is 13.0 Å². The minimum atomic E-state index is -0.998. The zero-order valence-electron chi connectivity index (χ0n) is 11.9. The van der Waals surface area contributed by atoms with Crippen LogP contribution in [0.5, 0.6) is 0 Å². The molecular weight excluding hydrogens is 276 g/mol. The molecule has 1 rings (SSSR count). The zero-order chi connectivity index (χ0) is 15.8. The lowest BCUT2D eigenvalue weighted by Gasteiger charge is -2.22. The molecule has 7 heteroatoms. The van der Waals surface area contributed by atoms with Crippen molar-refractivity contribution in [1.82, 2.24) is 10.2 Å². The van der Waals surface area contributed by atoms with Crippen LogP contribution in [0.1, 0.15) is 18.0 Å². The Bertz CT molecular complexity index is 503. The molecule has 1 aromatic rings. The Labute approximate surface area is 122 Å². The normalized spacial score (nSPS) is 11.3. The molecule has 0 aliphatic rings. The van der Waals surface area contributed by atoms with Crippen molar-refractivity contribution >= 4 is 18.0 Å². The van der Waals surface area contributed by atoms with Gasteiger partial charge in [-0.25, -0.2) is 9.59 Å². The Hall–Kier alpha value is -2.57. The summed E-state index contributed by atoms with van der Waals surface area (Å²) in [5.74, 6) is -1.59. The van der Waals surface area contributed by atoms with Gasteiger partial charge in [0, 0.05) is 13.6 Å². The second kappa shape index (κ2) is 7.88. The van der Waals surface area contributed by atoms with Crippen molar-refractivity contribution in [1.29, 1.82) is 0 Å². The lowest BCUT2D eigenvalue weighted by molar-refractivity contribution is -0.143. The van der Waals surface area contributed by atoms with Gasteiger partial charge in [0.15, 0.2) is 6.04 Å². The minimum absolute atomic E-state index is 0.0455. The standard InChI is InChI=1S/C14H18N2O5/c1-16(9-8-11(17)18)14(20)15-12(13(19)21-2)10-6-4-3-5-7-10/h3-7,12H,8-9H2,1-2H3,(H,15,20)(H,17,18). The third kappa shape index (κ3) is 5.13. The van der Waals surface area contributed by atoms with E-state index in [1.54, 1.807) is 30.3 Å². The number of amides is 2. The van der Waals surface area contributed by atoms with Crippen LogP contribution in [-0.4, -0.2) is 48.7 Å². The Morgan fingerprint density at radius 1 is 1.29 bits per heavy atom. The molecular formula is C14H18N2O5. The number of carbonyl (C=O) groups excluding carboxylic acids is 2. The SMILES string of the molecule is COC(=O)C(NC(=O)N(C)CCC(=O)O)c1ccccc1. The summed E-state index contributed by atoms with van der Waals surface area (Å²) in [6, 6.07) is 7.18. The largest absolute Gasteiger partial charge is 0.481 e. The molecule has 1 atom stereocenters. The molecule has 0 aliphatic heterocycles. The van der Waals surface area contributed by atoms with Crippen LogP contribution in [0.15, 0.2) is 30.3 Å². The number of nitrogens with one attached hydrogen (secondary N) is 1. The molecule has 2 N–H and O–H groups in total. The van der Waals surface area contributed by atoms with Gasteiger partial charge in [-0.3, -0.25) is 4.79 Å². The number of urea groups is 1. The van der Waals surface area contributed by atoms with Crippen LogP contribution in [0.2, 0.25) is 0 Å². The van der Waals surface area contributed by atoms with Crippen molar-refractivity contribution in [2.24, 2.45) is 0 Å². The fourth-order valence-electron chi connectivity index (χ4n) is 1.64. The fourth-order valence-corrected chi connectivity index (χ4v) is 1.64. The highest BCUT2D eigenvalue weighted by Gasteiger charge is 2.24. The predicted octanol–water partition coefficient (Wildman–Crippen LogP) is 1.02. The van der Waals surface area contributed by atoms with E-state index in [1.807, 2.05) is 0 Å². The summed E-state index contributed by atoms with van der Waals surface area (Å²) in [5, 5.41) is 11.1. The van der Waals surface area contributed by atoms with Gasteiger partial charge in [0.25, 0.3) is 0 Å². The molecule has 0 saturated heterocycles. The first-order valence-corrected chi connectivity index (χ1v) is 6.32. The van der Waals surface area contributed by atoms with E-state index in [4.69, 9.17) is 5.11 Å². The third-order valence-electron chi connectivity index (χ3n) is 2.85. The van der Waals surface area contributed by atoms with Gasteiger partial charge in [0.1, 0.15) is 0 Å². The van der Waals surface area contributed by atoms with Crippen molar-refractivity contribution < 1.29 is 24.2 Å². The van der Waals surface area contributed by atoms with Crippen molar-refractivity contribution in [3.05, 3.63) is 35.9 Å². The van der Waals surface area contributed by atoms with Gasteiger partial charge in [-0.15, -0.1) is 0 Å². The van der Waals surface area contributed by atoms with E-state index in [2.05, 4.69) is 10.1 Å². The van der Waals surface area contributed by atoms with Gasteiger partial charge >= 0.3 is 18.0 Å². The smallest absolute Gasteiger partial charge is 0.333 e. The molecule has 21 heavy (non-hydrogen) atoms. The van der Waals surface area contributed by atoms with Crippen LogP contribution >= 0.6 is 0 Å². The zero-order valence-corrected chi connectivity index (χ0v) is 11.9. The molecule has 2 amide bonds. The number of nitrogens with zero attached hydrogens (tertiary/aromatic N) is 1. The average molecular weight is 294 g/mol. The maximum atomic E-state index is 12.0. The van der Waals surface area contributed by atoms with Gasteiger partial charge in [0.2, 0.25) is 0 Å². The molecule has 0 saturated carbocycles. The van der Waals surface area contributed by atoms with E-state index in [9.17, 15) is 14.4 Å². The molecule has 0 radical (unpaired) electrons. The Morgan fingerprint density at radius 3 is 2.43 bits per heavy atom. The number of carbonyl (C=O) groups is 3. The highest BCUT2D eigenvalue weighted by molar-refractivity contribution is 5.84. The van der Waals surface area contributed by atoms with E-state index in [1.165, 1.54) is 19.1 Å². The van der Waals surface area contributed by atoms with Gasteiger partial charge in [-0.05, 0) is 5.56 Å². The quantitative estimate of drug-likeness (QED) is 0.764. The number of carboxylic acids is 1. The molecule has 0 heterocycles. The Kier molecular flexibility index (Phi) is 6.19. The highest BCUT2D eigenvalue weighted by atomic mass is 16.5. The van der Waals surface area contributed by atoms with Crippen LogP contribution in [0.3, 0.4) is 0 Å². The topological polar surface area (TPSA) is 95.9 Å². The Morgan fingerprint density at radius 2 is 1.90 bits per heavy atom. The number of carboxylic acid groups (broad SMARTS) is 1. The van der Waals surface area contributed by atoms with Gasteiger partial charge in [0.05, 0.1) is 13.5 Å². The van der Waals surface area contributed by atoms with Crippen molar-refractivity contribution in [3.63, 3.8) is 0 Å². The molecule has 0 aliphatic carbocycles. The summed E-state index contributed by atoms with van der Waals surface area (Å²) in [7, 11) is 2.69. The summed E-state index contributed by atoms with van der Waals surface area (Å²) in [5.41, 5.74) is 0.587. The van der Waals surface area contributed by atoms with Gasteiger partial charge < -0.3 is 20.1 Å². The Balaban J connectivity index is 2.75. The molecule has 114 valence electrons. The predicted molar refractivity (Wildman–Crippen MR) is 74.6 cm³/mol. The molecule has 1 unspecified atom stereocenters. The van der Waals surface area contributed by atoms with Crippen LogP contribution < -0.4 is 5.32 Å². The monoisotopic (exact) mass is 294 g/mol. The third-order valence-corrected chi connectivity index (χ3v) is 2.85.